The smallest absolute Gasteiger partial charge is 0.251 e. The lowest BCUT2D eigenvalue weighted by Crippen LogP contribution is -2.50. The van der Waals surface area contributed by atoms with Crippen LogP contribution in [0.2, 0.25) is 0 Å². The Balaban J connectivity index is 2.73. The molecule has 3 atom stereocenters. The minimum atomic E-state index is -0.946. The van der Waals surface area contributed by atoms with Crippen LogP contribution in [0.1, 0.15) is 59.4 Å². The first-order valence-corrected chi connectivity index (χ1v) is 12.7. The maximum absolute atomic E-state index is 12.4. The van der Waals surface area contributed by atoms with Crippen LogP contribution in [0.4, 0.5) is 0 Å². The van der Waals surface area contributed by atoms with Crippen molar-refractivity contribution in [3.8, 4) is 11.5 Å². The van der Waals surface area contributed by atoms with Crippen molar-refractivity contribution < 1.29 is 28.8 Å². The van der Waals surface area contributed by atoms with Crippen LogP contribution in [0, 0.1) is 11.8 Å². The van der Waals surface area contributed by atoms with Gasteiger partial charge in [0.05, 0.1) is 19.8 Å². The number of rotatable bonds is 18. The zero-order valence-electron chi connectivity index (χ0n) is 22.8. The average molecular weight is 497 g/mol. The fraction of sp³-hybridized carbons (Fsp3) is 0.741. The Bertz CT molecular complexity index is 740. The fourth-order valence-electron chi connectivity index (χ4n) is 3.73. The highest BCUT2D eigenvalue weighted by Gasteiger charge is 2.29. The topological polar surface area (TPSA) is 112 Å². The van der Waals surface area contributed by atoms with Crippen molar-refractivity contribution in [2.45, 2.75) is 78.0 Å². The maximum Gasteiger partial charge on any atom is 0.251 e. The molecule has 0 bridgehead atoms. The summed E-state index contributed by atoms with van der Waals surface area (Å²) in [5.41, 5.74) is 6.54. The number of carbonyl (C=O) groups excluding carboxylic acids is 1. The lowest BCUT2D eigenvalue weighted by molar-refractivity contribution is -0.143. The molecule has 35 heavy (non-hydrogen) atoms. The van der Waals surface area contributed by atoms with Crippen LogP contribution in [-0.2, 0) is 20.7 Å². The van der Waals surface area contributed by atoms with Gasteiger partial charge in [0.1, 0.15) is 5.60 Å². The van der Waals surface area contributed by atoms with Gasteiger partial charge in [-0.1, -0.05) is 26.8 Å². The SMILES string of the molecule is CCCOC(C)(C)C(=O)NC[C@H](O)[C@@H](N)C[C@H](Cc1ccc(OC)c(OCCCOC)c1)C(C)C. The quantitative estimate of drug-likeness (QED) is 0.267. The largest absolute Gasteiger partial charge is 0.493 e. The van der Waals surface area contributed by atoms with Crippen LogP contribution in [-0.4, -0.2) is 69.3 Å². The molecule has 0 spiro atoms. The van der Waals surface area contributed by atoms with Crippen molar-refractivity contribution in [3.05, 3.63) is 23.8 Å². The maximum atomic E-state index is 12.4. The highest BCUT2D eigenvalue weighted by molar-refractivity contribution is 5.84. The summed E-state index contributed by atoms with van der Waals surface area (Å²) in [6.07, 6.45) is 2.19. The van der Waals surface area contributed by atoms with Gasteiger partial charge >= 0.3 is 0 Å². The Morgan fingerprint density at radius 2 is 1.86 bits per heavy atom. The Kier molecular flexibility index (Phi) is 14.2. The van der Waals surface area contributed by atoms with Gasteiger partial charge in [0.25, 0.3) is 5.91 Å². The molecule has 4 N–H and O–H groups in total. The van der Waals surface area contributed by atoms with Crippen LogP contribution < -0.4 is 20.5 Å². The van der Waals surface area contributed by atoms with Crippen LogP contribution >= 0.6 is 0 Å². The summed E-state index contributed by atoms with van der Waals surface area (Å²) in [7, 11) is 3.30. The predicted octanol–water partition coefficient (Wildman–Crippen LogP) is 3.32. The third-order valence-corrected chi connectivity index (χ3v) is 6.17. The zero-order chi connectivity index (χ0) is 26.4. The monoisotopic (exact) mass is 496 g/mol. The summed E-state index contributed by atoms with van der Waals surface area (Å²) in [5.74, 6) is 1.75. The van der Waals surface area contributed by atoms with Crippen molar-refractivity contribution >= 4 is 5.91 Å². The van der Waals surface area contributed by atoms with E-state index in [0.717, 1.165) is 24.8 Å². The molecule has 0 aliphatic heterocycles. The number of aliphatic hydroxyl groups is 1. The van der Waals surface area contributed by atoms with E-state index in [-0.39, 0.29) is 18.4 Å². The molecule has 0 fully saturated rings. The fourth-order valence-corrected chi connectivity index (χ4v) is 3.73. The van der Waals surface area contributed by atoms with E-state index in [9.17, 15) is 9.90 Å². The number of benzene rings is 1. The molecule has 0 heterocycles. The van der Waals surface area contributed by atoms with Crippen molar-refractivity contribution in [1.29, 1.82) is 0 Å². The molecular weight excluding hydrogens is 448 g/mol. The van der Waals surface area contributed by atoms with Crippen molar-refractivity contribution in [3.63, 3.8) is 0 Å². The van der Waals surface area contributed by atoms with E-state index in [4.69, 9.17) is 24.7 Å². The number of nitrogens with one attached hydrogen (secondary N) is 1. The Labute approximate surface area is 211 Å². The molecular formula is C27H48N2O6. The van der Waals surface area contributed by atoms with Gasteiger partial charge in [-0.05, 0) is 62.6 Å². The average Bonchev–Trinajstić information content (AvgIpc) is 2.83. The molecule has 8 nitrogen and oxygen atoms in total. The summed E-state index contributed by atoms with van der Waals surface area (Å²) in [6, 6.07) is 5.51. The number of methoxy groups -OCH3 is 2. The molecule has 202 valence electrons. The predicted molar refractivity (Wildman–Crippen MR) is 139 cm³/mol. The highest BCUT2D eigenvalue weighted by atomic mass is 16.5. The van der Waals surface area contributed by atoms with E-state index in [2.05, 4.69) is 19.2 Å². The molecule has 1 aromatic rings. The number of nitrogens with two attached hydrogens (primary N) is 1. The summed E-state index contributed by atoms with van der Waals surface area (Å²) in [4.78, 5) is 12.4. The van der Waals surface area contributed by atoms with E-state index in [0.29, 0.717) is 43.7 Å². The molecule has 0 aromatic heterocycles. The Hall–Kier alpha value is -1.87. The van der Waals surface area contributed by atoms with Gasteiger partial charge < -0.3 is 35.1 Å². The third-order valence-electron chi connectivity index (χ3n) is 6.17. The summed E-state index contributed by atoms with van der Waals surface area (Å²) in [6.45, 7) is 11.5. The lowest BCUT2D eigenvalue weighted by atomic mass is 9.83. The molecule has 8 heteroatoms. The minimum absolute atomic E-state index is 0.0890. The van der Waals surface area contributed by atoms with Crippen LogP contribution in [0.3, 0.4) is 0 Å². The molecule has 0 unspecified atom stereocenters. The van der Waals surface area contributed by atoms with Gasteiger partial charge in [-0.15, -0.1) is 0 Å². The number of amides is 1. The summed E-state index contributed by atoms with van der Waals surface area (Å²) < 4.78 is 22.1. The first-order chi connectivity index (χ1) is 16.5. The molecule has 0 radical (unpaired) electrons. The van der Waals surface area contributed by atoms with Crippen molar-refractivity contribution in [2.24, 2.45) is 17.6 Å². The van der Waals surface area contributed by atoms with E-state index in [1.165, 1.54) is 0 Å². The first-order valence-electron chi connectivity index (χ1n) is 12.7. The van der Waals surface area contributed by atoms with E-state index in [1.807, 2.05) is 25.1 Å². The van der Waals surface area contributed by atoms with Gasteiger partial charge in [-0.25, -0.2) is 0 Å². The molecule has 1 rings (SSSR count). The molecule has 0 saturated carbocycles. The molecule has 1 aromatic carbocycles. The standard InChI is InChI=1S/C27H48N2O6/c1-8-12-35-27(4,5)26(31)29-18-23(30)22(28)17-21(19(2)3)15-20-10-11-24(33-7)25(16-20)34-14-9-13-32-6/h10-11,16,19,21-23,30H,8-9,12-15,17-18,28H2,1-7H3,(H,29,31)/t21-,22-,23-/m0/s1. The Morgan fingerprint density at radius 3 is 2.46 bits per heavy atom. The highest BCUT2D eigenvalue weighted by Crippen LogP contribution is 2.31. The third kappa shape index (κ3) is 11.2. The van der Waals surface area contributed by atoms with Crippen LogP contribution in [0.5, 0.6) is 11.5 Å². The second-order valence-corrected chi connectivity index (χ2v) is 9.92. The van der Waals surface area contributed by atoms with E-state index < -0.39 is 17.7 Å². The number of aliphatic hydroxyl groups excluding tert-OH is 1. The minimum Gasteiger partial charge on any atom is -0.493 e. The molecule has 0 saturated heterocycles. The number of ether oxygens (including phenoxy) is 4. The van der Waals surface area contributed by atoms with Gasteiger partial charge in [0, 0.05) is 39.3 Å². The summed E-state index contributed by atoms with van der Waals surface area (Å²) >= 11 is 0. The van der Waals surface area contributed by atoms with Crippen molar-refractivity contribution in [1.82, 2.24) is 5.32 Å². The van der Waals surface area contributed by atoms with Gasteiger partial charge in [-0.3, -0.25) is 4.79 Å². The molecule has 0 aliphatic rings. The molecule has 1 amide bonds. The second kappa shape index (κ2) is 16.0. The van der Waals surface area contributed by atoms with Crippen LogP contribution in [0.25, 0.3) is 0 Å². The van der Waals surface area contributed by atoms with Gasteiger partial charge in [0.15, 0.2) is 11.5 Å². The van der Waals surface area contributed by atoms with Crippen molar-refractivity contribution in [2.75, 3.05) is 40.6 Å². The lowest BCUT2D eigenvalue weighted by Gasteiger charge is -2.29. The molecule has 0 aliphatic carbocycles. The van der Waals surface area contributed by atoms with Crippen LogP contribution in [0.15, 0.2) is 18.2 Å². The Morgan fingerprint density at radius 1 is 1.14 bits per heavy atom. The number of hydrogen-bond donors (Lipinski definition) is 3. The van der Waals surface area contributed by atoms with E-state index in [1.54, 1.807) is 28.1 Å². The van der Waals surface area contributed by atoms with Gasteiger partial charge in [-0.2, -0.15) is 0 Å². The normalized spacial score (nSPS) is 14.5. The summed E-state index contributed by atoms with van der Waals surface area (Å²) in [5, 5.41) is 13.4. The second-order valence-electron chi connectivity index (χ2n) is 9.92. The number of carbonyl (C=O) groups is 1. The number of hydrogen-bond acceptors (Lipinski definition) is 7. The first kappa shape index (κ1) is 31.2. The zero-order valence-corrected chi connectivity index (χ0v) is 22.8. The van der Waals surface area contributed by atoms with Gasteiger partial charge in [0.2, 0.25) is 0 Å². The van der Waals surface area contributed by atoms with E-state index >= 15 is 0 Å².